The number of rotatable bonds is 6. The maximum Gasteiger partial charge on any atom is 0.410 e. The van der Waals surface area contributed by atoms with Crippen LogP contribution in [0.15, 0.2) is 0 Å². The molecule has 0 aromatic rings. The van der Waals surface area contributed by atoms with Gasteiger partial charge in [0.2, 0.25) is 0 Å². The summed E-state index contributed by atoms with van der Waals surface area (Å²) in [5.41, 5.74) is -0.731. The van der Waals surface area contributed by atoms with E-state index in [2.05, 4.69) is 6.92 Å². The topological polar surface area (TPSA) is 48.0 Å². The van der Waals surface area contributed by atoms with Gasteiger partial charge in [0.15, 0.2) is 0 Å². The Bertz CT molecular complexity index is 351. The highest BCUT2D eigenvalue weighted by molar-refractivity contribution is 5.68. The number of amides is 1. The number of carbonyl (C=O) groups is 1. The van der Waals surface area contributed by atoms with E-state index < -0.39 is 5.60 Å². The summed E-state index contributed by atoms with van der Waals surface area (Å²) < 4.78 is 17.1. The fourth-order valence-corrected chi connectivity index (χ4v) is 2.63. The van der Waals surface area contributed by atoms with Crippen molar-refractivity contribution in [2.75, 3.05) is 26.3 Å². The number of piperidine rings is 1. The van der Waals surface area contributed by atoms with Gasteiger partial charge in [-0.15, -0.1) is 0 Å². The number of hydrogen-bond donors (Lipinski definition) is 0. The number of nitrogens with zero attached hydrogens (tertiary/aromatic N) is 1. The molecule has 0 aromatic carbocycles. The first-order valence-corrected chi connectivity index (χ1v) is 8.41. The summed E-state index contributed by atoms with van der Waals surface area (Å²) in [6.45, 7) is 14.3. The average molecular weight is 315 g/mol. The Labute approximate surface area is 135 Å². The van der Waals surface area contributed by atoms with Crippen LogP contribution in [0.1, 0.15) is 60.8 Å². The number of ether oxygens (including phenoxy) is 3. The van der Waals surface area contributed by atoms with Gasteiger partial charge < -0.3 is 19.1 Å². The Kier molecular flexibility index (Phi) is 7.13. The van der Waals surface area contributed by atoms with E-state index in [1.165, 1.54) is 0 Å². The summed E-state index contributed by atoms with van der Waals surface area (Å²) in [5, 5.41) is 0. The van der Waals surface area contributed by atoms with Crippen molar-refractivity contribution >= 4 is 6.09 Å². The molecule has 1 heterocycles. The highest BCUT2D eigenvalue weighted by atomic mass is 16.6. The van der Waals surface area contributed by atoms with Crippen LogP contribution in [0, 0.1) is 0 Å². The van der Waals surface area contributed by atoms with Crippen LogP contribution in [0.4, 0.5) is 4.79 Å². The standard InChI is InChI=1S/C17H33NO4/c1-7-17(21-12-11-20-14(2)3)9-8-10-18(13-17)15(19)22-16(4,5)6/h14H,7-13H2,1-6H3. The van der Waals surface area contributed by atoms with Crippen molar-refractivity contribution in [3.63, 3.8) is 0 Å². The molecule has 1 saturated heterocycles. The first-order chi connectivity index (χ1) is 10.2. The second kappa shape index (κ2) is 8.16. The number of hydrogen-bond acceptors (Lipinski definition) is 4. The zero-order valence-electron chi connectivity index (χ0n) is 15.1. The molecule has 1 unspecified atom stereocenters. The van der Waals surface area contributed by atoms with E-state index in [0.717, 1.165) is 25.8 Å². The SMILES string of the molecule is CCC1(OCCOC(C)C)CCCN(C(=O)OC(C)(C)C)C1. The van der Waals surface area contributed by atoms with Crippen molar-refractivity contribution in [3.05, 3.63) is 0 Å². The second-order valence-electron chi connectivity index (χ2n) is 7.31. The number of carbonyl (C=O) groups excluding carboxylic acids is 1. The molecule has 0 N–H and O–H groups in total. The molecule has 130 valence electrons. The molecule has 1 atom stereocenters. The summed E-state index contributed by atoms with van der Waals surface area (Å²) >= 11 is 0. The maximum absolute atomic E-state index is 12.3. The predicted molar refractivity (Wildman–Crippen MR) is 87.1 cm³/mol. The van der Waals surface area contributed by atoms with Crippen molar-refractivity contribution in [1.29, 1.82) is 0 Å². The first kappa shape index (κ1) is 19.2. The zero-order chi connectivity index (χ0) is 16.8. The lowest BCUT2D eigenvalue weighted by molar-refractivity contribution is -0.109. The third-order valence-electron chi connectivity index (χ3n) is 3.78. The van der Waals surface area contributed by atoms with Crippen LogP contribution in [0.25, 0.3) is 0 Å². The quantitative estimate of drug-likeness (QED) is 0.703. The van der Waals surface area contributed by atoms with E-state index >= 15 is 0 Å². The van der Waals surface area contributed by atoms with Crippen molar-refractivity contribution in [3.8, 4) is 0 Å². The summed E-state index contributed by atoms with van der Waals surface area (Å²) in [7, 11) is 0. The van der Waals surface area contributed by atoms with E-state index in [0.29, 0.717) is 19.8 Å². The third kappa shape index (κ3) is 6.53. The van der Waals surface area contributed by atoms with Gasteiger partial charge in [0.1, 0.15) is 5.60 Å². The summed E-state index contributed by atoms with van der Waals surface area (Å²) in [4.78, 5) is 14.0. The summed E-state index contributed by atoms with van der Waals surface area (Å²) in [5.74, 6) is 0. The van der Waals surface area contributed by atoms with Gasteiger partial charge in [0.25, 0.3) is 0 Å². The lowest BCUT2D eigenvalue weighted by Gasteiger charge is -2.42. The van der Waals surface area contributed by atoms with Crippen LogP contribution < -0.4 is 0 Å². The molecule has 1 aliphatic heterocycles. The van der Waals surface area contributed by atoms with Crippen molar-refractivity contribution < 1.29 is 19.0 Å². The molecular formula is C17H33NO4. The Morgan fingerprint density at radius 1 is 1.27 bits per heavy atom. The lowest BCUT2D eigenvalue weighted by atomic mass is 9.90. The molecule has 0 spiro atoms. The molecule has 1 amide bonds. The molecule has 1 fully saturated rings. The Morgan fingerprint density at radius 2 is 1.95 bits per heavy atom. The van der Waals surface area contributed by atoms with Crippen LogP contribution in [-0.4, -0.2) is 54.6 Å². The largest absolute Gasteiger partial charge is 0.444 e. The molecule has 0 radical (unpaired) electrons. The van der Waals surface area contributed by atoms with Gasteiger partial charge in [-0.2, -0.15) is 0 Å². The monoisotopic (exact) mass is 315 g/mol. The van der Waals surface area contributed by atoms with Crippen molar-refractivity contribution in [2.24, 2.45) is 0 Å². The van der Waals surface area contributed by atoms with Crippen LogP contribution in [0.3, 0.4) is 0 Å². The van der Waals surface area contributed by atoms with Gasteiger partial charge in [-0.05, 0) is 53.9 Å². The van der Waals surface area contributed by atoms with Crippen LogP contribution in [0.2, 0.25) is 0 Å². The third-order valence-corrected chi connectivity index (χ3v) is 3.78. The fraction of sp³-hybridized carbons (Fsp3) is 0.941. The van der Waals surface area contributed by atoms with Crippen LogP contribution >= 0.6 is 0 Å². The van der Waals surface area contributed by atoms with E-state index in [1.807, 2.05) is 34.6 Å². The minimum atomic E-state index is -0.463. The van der Waals surface area contributed by atoms with Gasteiger partial charge in [-0.1, -0.05) is 6.92 Å². The van der Waals surface area contributed by atoms with Gasteiger partial charge in [0.05, 0.1) is 31.5 Å². The average Bonchev–Trinajstić information content (AvgIpc) is 2.42. The van der Waals surface area contributed by atoms with Crippen LogP contribution in [-0.2, 0) is 14.2 Å². The summed E-state index contributed by atoms with van der Waals surface area (Å²) in [6.07, 6.45) is 2.77. The smallest absolute Gasteiger partial charge is 0.410 e. The second-order valence-corrected chi connectivity index (χ2v) is 7.31. The molecule has 0 aromatic heterocycles. The summed E-state index contributed by atoms with van der Waals surface area (Å²) in [6, 6.07) is 0. The fourth-order valence-electron chi connectivity index (χ4n) is 2.63. The minimum Gasteiger partial charge on any atom is -0.444 e. The van der Waals surface area contributed by atoms with Gasteiger partial charge >= 0.3 is 6.09 Å². The Hall–Kier alpha value is -0.810. The Morgan fingerprint density at radius 3 is 2.50 bits per heavy atom. The Balaban J connectivity index is 2.55. The highest BCUT2D eigenvalue weighted by Gasteiger charge is 2.38. The molecule has 0 bridgehead atoms. The van der Waals surface area contributed by atoms with E-state index in [9.17, 15) is 4.79 Å². The molecular weight excluding hydrogens is 282 g/mol. The molecule has 1 aliphatic rings. The van der Waals surface area contributed by atoms with E-state index in [-0.39, 0.29) is 17.8 Å². The number of likely N-dealkylation sites (tertiary alicyclic amines) is 1. The molecule has 22 heavy (non-hydrogen) atoms. The lowest BCUT2D eigenvalue weighted by Crippen LogP contribution is -2.52. The van der Waals surface area contributed by atoms with E-state index in [1.54, 1.807) is 4.90 Å². The first-order valence-electron chi connectivity index (χ1n) is 8.41. The molecule has 0 aliphatic carbocycles. The predicted octanol–water partition coefficient (Wildman–Crippen LogP) is 3.61. The minimum absolute atomic E-state index is 0.214. The van der Waals surface area contributed by atoms with Gasteiger partial charge in [-0.25, -0.2) is 4.79 Å². The highest BCUT2D eigenvalue weighted by Crippen LogP contribution is 2.29. The molecule has 0 saturated carbocycles. The van der Waals surface area contributed by atoms with Crippen molar-refractivity contribution in [1.82, 2.24) is 4.90 Å². The van der Waals surface area contributed by atoms with Gasteiger partial charge in [-0.3, -0.25) is 0 Å². The maximum atomic E-state index is 12.3. The van der Waals surface area contributed by atoms with E-state index in [4.69, 9.17) is 14.2 Å². The van der Waals surface area contributed by atoms with Crippen LogP contribution in [0.5, 0.6) is 0 Å². The molecule has 1 rings (SSSR count). The molecule has 5 nitrogen and oxygen atoms in total. The normalized spacial score (nSPS) is 23.0. The van der Waals surface area contributed by atoms with Gasteiger partial charge in [0, 0.05) is 6.54 Å². The zero-order valence-corrected chi connectivity index (χ0v) is 15.1. The van der Waals surface area contributed by atoms with Crippen molar-refractivity contribution in [2.45, 2.75) is 78.1 Å². The molecule has 5 heteroatoms.